The average Bonchev–Trinajstić information content (AvgIpc) is 3.25. The molecular formula is C19H17ClF2N6O. The third-order valence-corrected chi connectivity index (χ3v) is 5.37. The van der Waals surface area contributed by atoms with Crippen LogP contribution in [0.5, 0.6) is 0 Å². The van der Waals surface area contributed by atoms with Gasteiger partial charge in [0.2, 0.25) is 0 Å². The molecule has 0 spiro atoms. The highest BCUT2D eigenvalue weighted by molar-refractivity contribution is 6.31. The first-order valence-corrected chi connectivity index (χ1v) is 9.57. The number of rotatable bonds is 3. The molecule has 0 amide bonds. The highest BCUT2D eigenvalue weighted by Crippen LogP contribution is 2.40. The zero-order valence-electron chi connectivity index (χ0n) is 15.5. The van der Waals surface area contributed by atoms with Gasteiger partial charge in [0, 0.05) is 23.2 Å². The van der Waals surface area contributed by atoms with E-state index in [1.807, 2.05) is 6.92 Å². The highest BCUT2D eigenvalue weighted by atomic mass is 35.5. The van der Waals surface area contributed by atoms with Gasteiger partial charge in [0.1, 0.15) is 30.5 Å². The van der Waals surface area contributed by atoms with Crippen molar-refractivity contribution in [3.63, 3.8) is 0 Å². The van der Waals surface area contributed by atoms with Crippen molar-refractivity contribution < 1.29 is 13.5 Å². The molecule has 1 unspecified atom stereocenters. The quantitative estimate of drug-likeness (QED) is 0.506. The van der Waals surface area contributed by atoms with E-state index in [0.29, 0.717) is 32.8 Å². The summed E-state index contributed by atoms with van der Waals surface area (Å²) in [6, 6.07) is 4.15. The Labute approximate surface area is 169 Å². The van der Waals surface area contributed by atoms with Crippen molar-refractivity contribution in [3.8, 4) is 0 Å². The molecule has 1 aliphatic heterocycles. The Balaban J connectivity index is 1.79. The Bertz CT molecular complexity index is 1220. The van der Waals surface area contributed by atoms with Crippen LogP contribution >= 0.6 is 11.6 Å². The van der Waals surface area contributed by atoms with Crippen molar-refractivity contribution in [1.29, 1.82) is 0 Å². The first-order valence-electron chi connectivity index (χ1n) is 9.20. The number of imidazole rings is 1. The van der Waals surface area contributed by atoms with E-state index in [2.05, 4.69) is 20.3 Å². The lowest BCUT2D eigenvalue weighted by molar-refractivity contribution is -0.147. The van der Waals surface area contributed by atoms with Gasteiger partial charge in [-0.1, -0.05) is 16.8 Å². The third-order valence-electron chi connectivity index (χ3n) is 5.14. The van der Waals surface area contributed by atoms with Gasteiger partial charge in [-0.15, -0.1) is 5.10 Å². The molecule has 0 bridgehead atoms. The zero-order chi connectivity index (χ0) is 20.2. The van der Waals surface area contributed by atoms with Crippen molar-refractivity contribution in [1.82, 2.24) is 29.5 Å². The molecule has 7 nitrogen and oxygen atoms in total. The van der Waals surface area contributed by atoms with E-state index in [4.69, 9.17) is 16.3 Å². The molecule has 29 heavy (non-hydrogen) atoms. The number of pyridine rings is 1. The number of hydrogen-bond donors (Lipinski definition) is 0. The molecule has 150 valence electrons. The Morgan fingerprint density at radius 3 is 2.93 bits per heavy atom. The number of aryl methyl sites for hydroxylation is 1. The van der Waals surface area contributed by atoms with Crippen molar-refractivity contribution in [3.05, 3.63) is 47.1 Å². The molecule has 0 saturated carbocycles. The Morgan fingerprint density at radius 2 is 2.17 bits per heavy atom. The van der Waals surface area contributed by atoms with Crippen LogP contribution in [0.1, 0.15) is 24.0 Å². The maximum atomic E-state index is 14.9. The Kier molecular flexibility index (Phi) is 4.25. The van der Waals surface area contributed by atoms with E-state index in [-0.39, 0.29) is 19.6 Å². The number of fused-ring (bicyclic) bond motifs is 3. The van der Waals surface area contributed by atoms with E-state index >= 15 is 0 Å². The molecule has 0 aliphatic carbocycles. The molecule has 1 fully saturated rings. The molecule has 0 radical (unpaired) electrons. The van der Waals surface area contributed by atoms with Crippen LogP contribution in [0.2, 0.25) is 5.02 Å². The van der Waals surface area contributed by atoms with Crippen molar-refractivity contribution >= 4 is 33.5 Å². The van der Waals surface area contributed by atoms with Gasteiger partial charge in [-0.3, -0.25) is 4.98 Å². The highest BCUT2D eigenvalue weighted by Gasteiger charge is 2.45. The molecule has 1 atom stereocenters. The molecule has 4 heterocycles. The van der Waals surface area contributed by atoms with Crippen LogP contribution in [0, 0.1) is 6.92 Å². The van der Waals surface area contributed by atoms with Gasteiger partial charge < -0.3 is 9.30 Å². The van der Waals surface area contributed by atoms with Crippen LogP contribution < -0.4 is 0 Å². The number of nitrogens with zero attached hydrogens (tertiary/aromatic N) is 6. The van der Waals surface area contributed by atoms with Gasteiger partial charge in [0.25, 0.3) is 5.92 Å². The number of alkyl halides is 2. The van der Waals surface area contributed by atoms with E-state index < -0.39 is 18.6 Å². The average molecular weight is 419 g/mol. The van der Waals surface area contributed by atoms with Gasteiger partial charge in [0.05, 0.1) is 22.9 Å². The summed E-state index contributed by atoms with van der Waals surface area (Å²) in [5.41, 5.74) is 2.54. The van der Waals surface area contributed by atoms with Crippen molar-refractivity contribution in [2.75, 3.05) is 13.2 Å². The normalized spacial score (nSPS) is 19.2. The molecule has 10 heteroatoms. The van der Waals surface area contributed by atoms with Crippen LogP contribution in [0.3, 0.4) is 0 Å². The fourth-order valence-electron chi connectivity index (χ4n) is 3.89. The molecule has 0 N–H and O–H groups in total. The zero-order valence-corrected chi connectivity index (χ0v) is 16.3. The minimum Gasteiger partial charge on any atom is -0.375 e. The van der Waals surface area contributed by atoms with Gasteiger partial charge in [-0.05, 0) is 31.5 Å². The first-order chi connectivity index (χ1) is 13.9. The molecule has 3 aromatic heterocycles. The number of benzene rings is 1. The SMILES string of the molecule is Cc1cn(Cc2nc3cnc4ccc(Cl)cc4c3n2C2CCOCC2(F)F)nn1. The Hall–Kier alpha value is -2.65. The lowest BCUT2D eigenvalue weighted by Gasteiger charge is -2.33. The lowest BCUT2D eigenvalue weighted by Crippen LogP contribution is -2.41. The summed E-state index contributed by atoms with van der Waals surface area (Å²) >= 11 is 6.20. The minimum atomic E-state index is -3.03. The van der Waals surface area contributed by atoms with Crippen LogP contribution in [-0.2, 0) is 11.3 Å². The number of hydrogen-bond acceptors (Lipinski definition) is 5. The topological polar surface area (TPSA) is 70.7 Å². The predicted molar refractivity (Wildman–Crippen MR) is 103 cm³/mol. The smallest absolute Gasteiger partial charge is 0.291 e. The van der Waals surface area contributed by atoms with Crippen LogP contribution in [0.15, 0.2) is 30.6 Å². The number of ether oxygens (including phenoxy) is 1. The van der Waals surface area contributed by atoms with Gasteiger partial charge in [0.15, 0.2) is 0 Å². The fraction of sp³-hybridized carbons (Fsp3) is 0.368. The molecule has 1 aromatic carbocycles. The predicted octanol–water partition coefficient (Wildman–Crippen LogP) is 3.78. The summed E-state index contributed by atoms with van der Waals surface area (Å²) < 4.78 is 38.1. The fourth-order valence-corrected chi connectivity index (χ4v) is 4.06. The summed E-state index contributed by atoms with van der Waals surface area (Å²) in [6.07, 6.45) is 3.53. The summed E-state index contributed by atoms with van der Waals surface area (Å²) in [5.74, 6) is -2.57. The minimum absolute atomic E-state index is 0.173. The van der Waals surface area contributed by atoms with Gasteiger partial charge in [-0.25, -0.2) is 18.4 Å². The molecule has 4 aromatic rings. The second-order valence-corrected chi connectivity index (χ2v) is 7.66. The maximum absolute atomic E-state index is 14.9. The molecule has 5 rings (SSSR count). The number of halogens is 3. The van der Waals surface area contributed by atoms with Crippen LogP contribution in [-0.4, -0.2) is 48.7 Å². The molecular weight excluding hydrogens is 402 g/mol. The molecule has 1 aliphatic rings. The standard InChI is InChI=1S/C19H17ClF2N6O/c1-11-8-27(26-25-11)9-17-24-15-7-23-14-3-2-12(20)6-13(14)18(15)28(17)16-4-5-29-10-19(16,21)22/h2-3,6-8,16H,4-5,9-10H2,1H3. The molecule has 1 saturated heterocycles. The van der Waals surface area contributed by atoms with Crippen LogP contribution in [0.4, 0.5) is 8.78 Å². The summed E-state index contributed by atoms with van der Waals surface area (Å²) in [5, 5.41) is 9.21. The summed E-state index contributed by atoms with van der Waals surface area (Å²) in [4.78, 5) is 9.05. The summed E-state index contributed by atoms with van der Waals surface area (Å²) in [7, 11) is 0. The maximum Gasteiger partial charge on any atom is 0.291 e. The largest absolute Gasteiger partial charge is 0.375 e. The third kappa shape index (κ3) is 3.14. The number of aromatic nitrogens is 6. The van der Waals surface area contributed by atoms with Crippen molar-refractivity contribution in [2.24, 2.45) is 0 Å². The lowest BCUT2D eigenvalue weighted by atomic mass is 10.0. The van der Waals surface area contributed by atoms with Gasteiger partial charge in [-0.2, -0.15) is 0 Å². The van der Waals surface area contributed by atoms with Crippen LogP contribution in [0.25, 0.3) is 21.9 Å². The monoisotopic (exact) mass is 418 g/mol. The summed E-state index contributed by atoms with van der Waals surface area (Å²) in [6.45, 7) is 1.66. The second kappa shape index (κ2) is 6.70. The Morgan fingerprint density at radius 1 is 1.31 bits per heavy atom. The van der Waals surface area contributed by atoms with E-state index in [1.54, 1.807) is 39.8 Å². The first kappa shape index (κ1) is 18.4. The van der Waals surface area contributed by atoms with E-state index in [0.717, 1.165) is 5.69 Å². The van der Waals surface area contributed by atoms with E-state index in [9.17, 15) is 8.78 Å². The van der Waals surface area contributed by atoms with E-state index in [1.165, 1.54) is 0 Å². The second-order valence-electron chi connectivity index (χ2n) is 7.23. The van der Waals surface area contributed by atoms with Gasteiger partial charge >= 0.3 is 0 Å². The van der Waals surface area contributed by atoms with Crippen molar-refractivity contribution in [2.45, 2.75) is 31.9 Å².